The Labute approximate surface area is 187 Å². The van der Waals surface area contributed by atoms with E-state index in [0.717, 1.165) is 28.7 Å². The fraction of sp³-hybridized carbons (Fsp3) is 0.348. The van der Waals surface area contributed by atoms with Gasteiger partial charge in [-0.1, -0.05) is 36.0 Å². The molecule has 164 valence electrons. The lowest BCUT2D eigenvalue weighted by Crippen LogP contribution is -2.15. The minimum Gasteiger partial charge on any atom is -0.490 e. The zero-order chi connectivity index (χ0) is 22.2. The second kappa shape index (κ2) is 10.9. The van der Waals surface area contributed by atoms with E-state index >= 15 is 0 Å². The van der Waals surface area contributed by atoms with Gasteiger partial charge in [0.05, 0.1) is 19.0 Å². The minimum absolute atomic E-state index is 0.125. The first kappa shape index (κ1) is 22.7. The number of carbonyl (C=O) groups excluding carboxylic acids is 1. The Kier molecular flexibility index (Phi) is 7.94. The Morgan fingerprint density at radius 1 is 1.03 bits per heavy atom. The van der Waals surface area contributed by atoms with E-state index in [9.17, 15) is 4.79 Å². The number of aryl methyl sites for hydroxylation is 1. The van der Waals surface area contributed by atoms with Gasteiger partial charge in [0.1, 0.15) is 0 Å². The molecular formula is C23H28N4O3S. The Balaban J connectivity index is 1.68. The Morgan fingerprint density at radius 2 is 1.77 bits per heavy atom. The molecule has 0 aliphatic carbocycles. The highest BCUT2D eigenvalue weighted by molar-refractivity contribution is 7.99. The molecule has 0 spiro atoms. The number of nitrogens with one attached hydrogen (secondary N) is 1. The third kappa shape index (κ3) is 5.58. The Hall–Kier alpha value is -3.00. The van der Waals surface area contributed by atoms with Crippen LogP contribution in [0, 0.1) is 6.92 Å². The number of rotatable bonds is 10. The van der Waals surface area contributed by atoms with Gasteiger partial charge in [0.25, 0.3) is 0 Å². The molecule has 3 aromatic rings. The van der Waals surface area contributed by atoms with E-state index in [-0.39, 0.29) is 11.7 Å². The summed E-state index contributed by atoms with van der Waals surface area (Å²) in [4.78, 5) is 12.5. The van der Waals surface area contributed by atoms with Crippen LogP contribution in [-0.2, 0) is 11.3 Å². The van der Waals surface area contributed by atoms with Crippen molar-refractivity contribution in [3.63, 3.8) is 0 Å². The van der Waals surface area contributed by atoms with E-state index in [4.69, 9.17) is 9.47 Å². The third-order valence-corrected chi connectivity index (χ3v) is 5.55. The van der Waals surface area contributed by atoms with E-state index in [0.29, 0.717) is 30.4 Å². The number of nitrogens with zero attached hydrogens (tertiary/aromatic N) is 3. The van der Waals surface area contributed by atoms with Crippen LogP contribution in [0.5, 0.6) is 11.5 Å². The van der Waals surface area contributed by atoms with Gasteiger partial charge in [-0.15, -0.1) is 10.2 Å². The molecule has 2 aromatic carbocycles. The zero-order valence-corrected chi connectivity index (χ0v) is 19.2. The van der Waals surface area contributed by atoms with Gasteiger partial charge in [0.15, 0.2) is 22.5 Å². The largest absolute Gasteiger partial charge is 0.490 e. The van der Waals surface area contributed by atoms with Crippen LogP contribution in [0.3, 0.4) is 0 Å². The number of carbonyl (C=O) groups is 1. The van der Waals surface area contributed by atoms with Gasteiger partial charge < -0.3 is 19.4 Å². The second-order valence-electron chi connectivity index (χ2n) is 6.73. The number of thioether (sulfide) groups is 1. The molecule has 0 aliphatic heterocycles. The quantitative estimate of drug-likeness (QED) is 0.456. The summed E-state index contributed by atoms with van der Waals surface area (Å²) in [6.07, 6.45) is 0. The number of hydrogen-bond donors (Lipinski definition) is 1. The minimum atomic E-state index is -0.125. The van der Waals surface area contributed by atoms with Crippen LogP contribution >= 0.6 is 11.8 Å². The number of anilines is 1. The first-order valence-electron chi connectivity index (χ1n) is 10.4. The van der Waals surface area contributed by atoms with Crippen molar-refractivity contribution >= 4 is 23.4 Å². The predicted octanol–water partition coefficient (Wildman–Crippen LogP) is 4.80. The first-order chi connectivity index (χ1) is 15.1. The van der Waals surface area contributed by atoms with Gasteiger partial charge in [0, 0.05) is 23.9 Å². The molecule has 1 heterocycles. The topological polar surface area (TPSA) is 78.3 Å². The van der Waals surface area contributed by atoms with Crippen molar-refractivity contribution in [1.82, 2.24) is 14.8 Å². The average Bonchev–Trinajstić information content (AvgIpc) is 3.17. The number of benzene rings is 2. The lowest BCUT2D eigenvalue weighted by atomic mass is 10.1. The Morgan fingerprint density at radius 3 is 2.48 bits per heavy atom. The molecule has 31 heavy (non-hydrogen) atoms. The van der Waals surface area contributed by atoms with Gasteiger partial charge in [-0.05, 0) is 45.4 Å². The summed E-state index contributed by atoms with van der Waals surface area (Å²) in [6.45, 7) is 9.71. The molecule has 7 nitrogen and oxygen atoms in total. The normalized spacial score (nSPS) is 10.7. The van der Waals surface area contributed by atoms with Gasteiger partial charge in [-0.2, -0.15) is 0 Å². The smallest absolute Gasteiger partial charge is 0.234 e. The molecule has 0 saturated carbocycles. The summed E-state index contributed by atoms with van der Waals surface area (Å²) in [7, 11) is 0. The van der Waals surface area contributed by atoms with E-state index in [1.807, 2.05) is 43.5 Å². The second-order valence-corrected chi connectivity index (χ2v) is 7.67. The summed E-state index contributed by atoms with van der Waals surface area (Å²) in [5.41, 5.74) is 2.85. The molecule has 0 aliphatic rings. The fourth-order valence-corrected chi connectivity index (χ4v) is 3.96. The lowest BCUT2D eigenvalue weighted by molar-refractivity contribution is -0.113. The maximum absolute atomic E-state index is 12.5. The molecule has 0 bridgehead atoms. The maximum Gasteiger partial charge on any atom is 0.234 e. The highest BCUT2D eigenvalue weighted by Gasteiger charge is 2.16. The lowest BCUT2D eigenvalue weighted by Gasteiger charge is -2.13. The molecular weight excluding hydrogens is 412 g/mol. The van der Waals surface area contributed by atoms with Crippen LogP contribution in [-0.4, -0.2) is 39.6 Å². The number of hydrogen-bond acceptors (Lipinski definition) is 6. The highest BCUT2D eigenvalue weighted by atomic mass is 32.2. The fourth-order valence-electron chi connectivity index (χ4n) is 3.16. The van der Waals surface area contributed by atoms with Crippen LogP contribution in [0.2, 0.25) is 0 Å². The van der Waals surface area contributed by atoms with E-state index < -0.39 is 0 Å². The molecule has 0 radical (unpaired) electrons. The third-order valence-electron chi connectivity index (χ3n) is 4.58. The van der Waals surface area contributed by atoms with Gasteiger partial charge in [-0.3, -0.25) is 4.79 Å². The molecule has 1 amide bonds. The van der Waals surface area contributed by atoms with E-state index in [2.05, 4.69) is 28.5 Å². The van der Waals surface area contributed by atoms with Crippen molar-refractivity contribution in [3.05, 3.63) is 48.0 Å². The van der Waals surface area contributed by atoms with Gasteiger partial charge in [-0.25, -0.2) is 0 Å². The zero-order valence-electron chi connectivity index (χ0n) is 18.3. The van der Waals surface area contributed by atoms with Crippen LogP contribution in [0.4, 0.5) is 5.69 Å². The van der Waals surface area contributed by atoms with E-state index in [1.54, 1.807) is 18.2 Å². The van der Waals surface area contributed by atoms with Crippen molar-refractivity contribution < 1.29 is 14.3 Å². The van der Waals surface area contributed by atoms with Gasteiger partial charge >= 0.3 is 0 Å². The number of aromatic nitrogens is 3. The summed E-state index contributed by atoms with van der Waals surface area (Å²) >= 11 is 1.37. The molecule has 0 unspecified atom stereocenters. The summed E-state index contributed by atoms with van der Waals surface area (Å²) < 4.78 is 13.2. The van der Waals surface area contributed by atoms with Crippen molar-refractivity contribution in [2.75, 3.05) is 24.3 Å². The number of amides is 1. The average molecular weight is 441 g/mol. The van der Waals surface area contributed by atoms with E-state index in [1.165, 1.54) is 11.8 Å². The van der Waals surface area contributed by atoms with Gasteiger partial charge in [0.2, 0.25) is 5.91 Å². The van der Waals surface area contributed by atoms with Crippen molar-refractivity contribution in [2.45, 2.75) is 39.4 Å². The molecule has 0 fully saturated rings. The summed E-state index contributed by atoms with van der Waals surface area (Å²) in [5, 5.41) is 12.3. The molecule has 1 aromatic heterocycles. The van der Waals surface area contributed by atoms with Crippen LogP contribution in [0.25, 0.3) is 11.4 Å². The van der Waals surface area contributed by atoms with Crippen molar-refractivity contribution in [3.8, 4) is 22.9 Å². The molecule has 8 heteroatoms. The monoisotopic (exact) mass is 440 g/mol. The van der Waals surface area contributed by atoms with Crippen LogP contribution in [0.15, 0.2) is 47.6 Å². The maximum atomic E-state index is 12.5. The predicted molar refractivity (Wildman–Crippen MR) is 124 cm³/mol. The molecule has 0 atom stereocenters. The Bertz CT molecular complexity index is 1040. The van der Waals surface area contributed by atoms with Crippen molar-refractivity contribution in [2.24, 2.45) is 0 Å². The van der Waals surface area contributed by atoms with Crippen LogP contribution < -0.4 is 14.8 Å². The summed E-state index contributed by atoms with van der Waals surface area (Å²) in [5.74, 6) is 2.19. The summed E-state index contributed by atoms with van der Waals surface area (Å²) in [6, 6.07) is 13.5. The van der Waals surface area contributed by atoms with Crippen molar-refractivity contribution in [1.29, 1.82) is 0 Å². The standard InChI is InChI=1S/C23H28N4O3S/c1-5-27-22(18-11-9-8-10-16(18)4)25-26-23(27)31-15-21(28)24-17-12-13-19(29-6-2)20(14-17)30-7-3/h8-14H,5-7,15H2,1-4H3,(H,24,28). The highest BCUT2D eigenvalue weighted by Crippen LogP contribution is 2.31. The SMILES string of the molecule is CCOc1ccc(NC(=O)CSc2nnc(-c3ccccc3C)n2CC)cc1OCC. The number of ether oxygens (including phenoxy) is 2. The molecule has 1 N–H and O–H groups in total. The molecule has 3 rings (SSSR count). The van der Waals surface area contributed by atoms with Crippen LogP contribution in [0.1, 0.15) is 26.3 Å². The molecule has 0 saturated heterocycles. The first-order valence-corrected chi connectivity index (χ1v) is 11.4.